The largest absolute Gasteiger partial charge is 0.490 e. The van der Waals surface area contributed by atoms with Gasteiger partial charge in [0.05, 0.1) is 6.61 Å². The minimum absolute atomic E-state index is 0.493. The first-order chi connectivity index (χ1) is 11.2. The van der Waals surface area contributed by atoms with Crippen molar-refractivity contribution >= 4 is 5.69 Å². The summed E-state index contributed by atoms with van der Waals surface area (Å²) in [5.74, 6) is 1.50. The van der Waals surface area contributed by atoms with Gasteiger partial charge in [0.15, 0.2) is 11.5 Å². The van der Waals surface area contributed by atoms with E-state index in [0.717, 1.165) is 28.3 Å². The van der Waals surface area contributed by atoms with E-state index < -0.39 is 0 Å². The molecule has 0 aliphatic heterocycles. The summed E-state index contributed by atoms with van der Waals surface area (Å²) in [6, 6.07) is 15.9. The maximum absolute atomic E-state index is 5.72. The summed E-state index contributed by atoms with van der Waals surface area (Å²) in [5.41, 5.74) is 9.48. The molecule has 0 amide bonds. The van der Waals surface area contributed by atoms with Crippen molar-refractivity contribution in [2.24, 2.45) is 0 Å². The molecule has 0 bridgehead atoms. The first-order valence-electron chi connectivity index (χ1n) is 7.76. The fourth-order valence-electron chi connectivity index (χ4n) is 2.02. The smallest absolute Gasteiger partial charge is 0.161 e. The molecule has 0 aromatic heterocycles. The molecule has 0 spiro atoms. The predicted molar refractivity (Wildman–Crippen MR) is 94.8 cm³/mol. The van der Waals surface area contributed by atoms with Crippen LogP contribution in [-0.4, -0.2) is 13.2 Å². The average Bonchev–Trinajstić information content (AvgIpc) is 2.55. The van der Waals surface area contributed by atoms with Crippen molar-refractivity contribution in [1.29, 1.82) is 0 Å². The summed E-state index contributed by atoms with van der Waals surface area (Å²) in [6.07, 6.45) is 0. The Kier molecular flexibility index (Phi) is 6.51. The molecule has 2 rings (SSSR count). The number of hydrogen-bond donors (Lipinski definition) is 2. The van der Waals surface area contributed by atoms with Crippen LogP contribution in [0.25, 0.3) is 0 Å². The van der Waals surface area contributed by atoms with Crippen LogP contribution in [0, 0.1) is 0 Å². The lowest BCUT2D eigenvalue weighted by molar-refractivity contribution is 0.293. The highest BCUT2D eigenvalue weighted by molar-refractivity contribution is 5.44. The van der Waals surface area contributed by atoms with E-state index in [2.05, 4.69) is 17.4 Å². The molecule has 0 atom stereocenters. The molecule has 0 saturated carbocycles. The van der Waals surface area contributed by atoms with Crippen LogP contribution in [-0.2, 0) is 6.54 Å². The molecular weight excluding hydrogens is 288 g/mol. The van der Waals surface area contributed by atoms with E-state index in [9.17, 15) is 0 Å². The van der Waals surface area contributed by atoms with Crippen molar-refractivity contribution in [1.82, 2.24) is 5.43 Å². The van der Waals surface area contributed by atoms with Crippen molar-refractivity contribution in [2.75, 3.05) is 18.6 Å². The fourth-order valence-corrected chi connectivity index (χ4v) is 2.02. The highest BCUT2D eigenvalue weighted by Crippen LogP contribution is 2.28. The van der Waals surface area contributed by atoms with Gasteiger partial charge in [0.2, 0.25) is 0 Å². The Hall–Kier alpha value is -2.46. The van der Waals surface area contributed by atoms with Gasteiger partial charge >= 0.3 is 0 Å². The van der Waals surface area contributed by atoms with E-state index in [1.165, 1.54) is 0 Å². The number of nitrogens with one attached hydrogen (secondary N) is 2. The molecule has 23 heavy (non-hydrogen) atoms. The highest BCUT2D eigenvalue weighted by Gasteiger charge is 2.06. The van der Waals surface area contributed by atoms with E-state index in [4.69, 9.17) is 9.47 Å². The van der Waals surface area contributed by atoms with E-state index in [0.29, 0.717) is 19.8 Å². The van der Waals surface area contributed by atoms with Crippen LogP contribution in [0.4, 0.5) is 5.69 Å². The summed E-state index contributed by atoms with van der Waals surface area (Å²) in [6.45, 7) is 9.52. The molecule has 0 radical (unpaired) electrons. The Balaban J connectivity index is 1.96. The van der Waals surface area contributed by atoms with Gasteiger partial charge in [-0.15, -0.1) is 0 Å². The Labute approximate surface area is 138 Å². The van der Waals surface area contributed by atoms with Crippen molar-refractivity contribution in [3.63, 3.8) is 0 Å². The predicted octanol–water partition coefficient (Wildman–Crippen LogP) is 4.16. The summed E-state index contributed by atoms with van der Waals surface area (Å²) >= 11 is 0. The number of benzene rings is 2. The molecule has 122 valence electrons. The first-order valence-corrected chi connectivity index (χ1v) is 7.76. The lowest BCUT2D eigenvalue weighted by Gasteiger charge is -2.14. The minimum atomic E-state index is 0.493. The molecule has 0 unspecified atom stereocenters. The molecule has 0 aliphatic rings. The van der Waals surface area contributed by atoms with Crippen molar-refractivity contribution in [2.45, 2.75) is 20.4 Å². The van der Waals surface area contributed by atoms with E-state index in [-0.39, 0.29) is 0 Å². The van der Waals surface area contributed by atoms with Gasteiger partial charge in [-0.3, -0.25) is 0 Å². The first kappa shape index (κ1) is 16.9. The minimum Gasteiger partial charge on any atom is -0.490 e. The summed E-state index contributed by atoms with van der Waals surface area (Å²) in [7, 11) is 0. The summed E-state index contributed by atoms with van der Waals surface area (Å²) in [4.78, 5) is 0. The van der Waals surface area contributed by atoms with E-state index in [1.54, 1.807) is 0 Å². The second-order valence-corrected chi connectivity index (χ2v) is 5.30. The van der Waals surface area contributed by atoms with Gasteiger partial charge in [-0.1, -0.05) is 30.8 Å². The van der Waals surface area contributed by atoms with Crippen LogP contribution < -0.4 is 20.3 Å². The number of hydrogen-bond acceptors (Lipinski definition) is 4. The van der Waals surface area contributed by atoms with Crippen LogP contribution in [0.15, 0.2) is 60.7 Å². The van der Waals surface area contributed by atoms with Crippen LogP contribution in [0.5, 0.6) is 11.5 Å². The van der Waals surface area contributed by atoms with Crippen LogP contribution in [0.2, 0.25) is 0 Å². The van der Waals surface area contributed by atoms with Crippen molar-refractivity contribution in [3.05, 3.63) is 66.2 Å². The summed E-state index contributed by atoms with van der Waals surface area (Å²) < 4.78 is 11.4. The molecule has 2 aromatic carbocycles. The van der Waals surface area contributed by atoms with Gasteiger partial charge in [-0.25, -0.2) is 5.43 Å². The number of ether oxygens (including phenoxy) is 2. The number of anilines is 1. The monoisotopic (exact) mass is 312 g/mol. The molecule has 0 fully saturated rings. The van der Waals surface area contributed by atoms with Crippen LogP contribution >= 0.6 is 0 Å². The molecule has 4 nitrogen and oxygen atoms in total. The fraction of sp³-hybridized carbons (Fsp3) is 0.263. The molecule has 2 N–H and O–H groups in total. The van der Waals surface area contributed by atoms with Gasteiger partial charge in [0, 0.05) is 12.2 Å². The molecule has 0 heterocycles. The number of rotatable bonds is 9. The molecule has 0 saturated heterocycles. The molecule has 0 aliphatic carbocycles. The zero-order chi connectivity index (χ0) is 16.5. The Morgan fingerprint density at radius 1 is 1.04 bits per heavy atom. The normalized spacial score (nSPS) is 10.2. The topological polar surface area (TPSA) is 42.5 Å². The maximum Gasteiger partial charge on any atom is 0.161 e. The third kappa shape index (κ3) is 5.68. The zero-order valence-electron chi connectivity index (χ0n) is 13.8. The third-order valence-electron chi connectivity index (χ3n) is 3.08. The quantitative estimate of drug-likeness (QED) is 0.539. The highest BCUT2D eigenvalue weighted by atomic mass is 16.5. The van der Waals surface area contributed by atoms with Gasteiger partial charge in [-0.2, -0.15) is 0 Å². The SMILES string of the molecule is C=C(C)COc1ccc(CNNc2ccccc2)cc1OCC. The second kappa shape index (κ2) is 8.86. The second-order valence-electron chi connectivity index (χ2n) is 5.30. The molecular formula is C19H24N2O2. The Morgan fingerprint density at radius 3 is 2.52 bits per heavy atom. The lowest BCUT2D eigenvalue weighted by atomic mass is 10.2. The van der Waals surface area contributed by atoms with Gasteiger partial charge in [-0.05, 0) is 49.2 Å². The maximum atomic E-state index is 5.72. The van der Waals surface area contributed by atoms with Crippen LogP contribution in [0.1, 0.15) is 19.4 Å². The van der Waals surface area contributed by atoms with Gasteiger partial charge < -0.3 is 14.9 Å². The van der Waals surface area contributed by atoms with Gasteiger partial charge in [0.25, 0.3) is 0 Å². The Morgan fingerprint density at radius 2 is 1.83 bits per heavy atom. The standard InChI is InChI=1S/C19H24N2O2/c1-4-22-19-12-16(10-11-18(19)23-14-15(2)3)13-20-21-17-8-6-5-7-9-17/h5-12,20-21H,2,4,13-14H2,1,3H3. The zero-order valence-corrected chi connectivity index (χ0v) is 13.8. The van der Waals surface area contributed by atoms with Crippen LogP contribution in [0.3, 0.4) is 0 Å². The summed E-state index contributed by atoms with van der Waals surface area (Å²) in [5, 5.41) is 0. The molecule has 4 heteroatoms. The van der Waals surface area contributed by atoms with Crippen molar-refractivity contribution in [3.8, 4) is 11.5 Å². The average molecular weight is 312 g/mol. The molecule has 2 aromatic rings. The third-order valence-corrected chi connectivity index (χ3v) is 3.08. The van der Waals surface area contributed by atoms with Gasteiger partial charge in [0.1, 0.15) is 6.61 Å². The Bertz CT molecular complexity index is 627. The number of hydrazine groups is 1. The lowest BCUT2D eigenvalue weighted by Crippen LogP contribution is -2.20. The van der Waals surface area contributed by atoms with E-state index in [1.807, 2.05) is 62.4 Å². The van der Waals surface area contributed by atoms with E-state index >= 15 is 0 Å². The van der Waals surface area contributed by atoms with Crippen molar-refractivity contribution < 1.29 is 9.47 Å². The number of para-hydroxylation sites is 1.